The summed E-state index contributed by atoms with van der Waals surface area (Å²) >= 11 is 0. The Kier molecular flexibility index (Phi) is 7.98. The second-order valence-corrected chi connectivity index (χ2v) is 6.20. The van der Waals surface area contributed by atoms with Crippen LogP contribution in [0.15, 0.2) is 36.5 Å². The van der Waals surface area contributed by atoms with Crippen LogP contribution in [0.5, 0.6) is 5.75 Å². The number of nitrogens with one attached hydrogen (secondary N) is 1. The predicted molar refractivity (Wildman–Crippen MR) is 96.5 cm³/mol. The van der Waals surface area contributed by atoms with E-state index in [1.807, 2.05) is 6.92 Å². The first-order valence-electron chi connectivity index (χ1n) is 8.94. The molecule has 2 rings (SSSR count). The van der Waals surface area contributed by atoms with Gasteiger partial charge in [-0.3, -0.25) is 9.59 Å². The quantitative estimate of drug-likeness (QED) is 0.491. The zero-order valence-electron chi connectivity index (χ0n) is 15.4. The molecular formula is C20H21F3N2O3. The fraction of sp³-hybridized carbons (Fsp3) is 0.350. The van der Waals surface area contributed by atoms with Crippen molar-refractivity contribution >= 4 is 11.7 Å². The lowest BCUT2D eigenvalue weighted by Gasteiger charge is -2.18. The Bertz CT molecular complexity index is 793. The molecule has 0 radical (unpaired) electrons. The summed E-state index contributed by atoms with van der Waals surface area (Å²) in [7, 11) is 0. The molecule has 0 spiro atoms. The average Bonchev–Trinajstić information content (AvgIpc) is 2.67. The van der Waals surface area contributed by atoms with E-state index >= 15 is 0 Å². The van der Waals surface area contributed by atoms with Crippen LogP contribution in [0, 0.1) is 17.6 Å². The van der Waals surface area contributed by atoms with Crippen molar-refractivity contribution < 1.29 is 27.5 Å². The Balaban J connectivity index is 2.04. The summed E-state index contributed by atoms with van der Waals surface area (Å²) in [6.45, 7) is 1.39. The smallest absolute Gasteiger partial charge is 0.253 e. The zero-order chi connectivity index (χ0) is 20.5. The SMILES string of the molecule is CCCCC[C@H](NC(=O)c1ccc(F)nc1)C(=O)COc1c(F)cccc1F. The minimum atomic E-state index is -0.920. The first-order chi connectivity index (χ1) is 13.4. The first kappa shape index (κ1) is 21.4. The Morgan fingerprint density at radius 2 is 1.82 bits per heavy atom. The summed E-state index contributed by atoms with van der Waals surface area (Å²) in [4.78, 5) is 28.2. The van der Waals surface area contributed by atoms with Crippen molar-refractivity contribution in [2.24, 2.45) is 0 Å². The number of halogens is 3. The Morgan fingerprint density at radius 1 is 1.11 bits per heavy atom. The third-order valence-corrected chi connectivity index (χ3v) is 4.06. The Morgan fingerprint density at radius 3 is 2.43 bits per heavy atom. The highest BCUT2D eigenvalue weighted by molar-refractivity contribution is 5.98. The van der Waals surface area contributed by atoms with Gasteiger partial charge in [-0.25, -0.2) is 13.8 Å². The number of para-hydroxylation sites is 1. The van der Waals surface area contributed by atoms with E-state index in [4.69, 9.17) is 4.74 Å². The van der Waals surface area contributed by atoms with Gasteiger partial charge in [-0.1, -0.05) is 32.3 Å². The number of carbonyl (C=O) groups excluding carboxylic acids is 2. The Hall–Kier alpha value is -2.90. The third-order valence-electron chi connectivity index (χ3n) is 4.06. The van der Waals surface area contributed by atoms with Gasteiger partial charge in [0.1, 0.15) is 6.61 Å². The zero-order valence-corrected chi connectivity index (χ0v) is 15.4. The molecule has 0 saturated heterocycles. The van der Waals surface area contributed by atoms with Crippen LogP contribution in [-0.2, 0) is 4.79 Å². The summed E-state index contributed by atoms with van der Waals surface area (Å²) in [5.41, 5.74) is 0.0933. The molecule has 0 aliphatic carbocycles. The van der Waals surface area contributed by atoms with Gasteiger partial charge in [0.05, 0.1) is 11.6 Å². The van der Waals surface area contributed by atoms with Crippen LogP contribution < -0.4 is 10.1 Å². The molecule has 8 heteroatoms. The average molecular weight is 394 g/mol. The normalized spacial score (nSPS) is 11.7. The van der Waals surface area contributed by atoms with Crippen LogP contribution in [0.2, 0.25) is 0 Å². The fourth-order valence-corrected chi connectivity index (χ4v) is 2.53. The molecule has 150 valence electrons. The van der Waals surface area contributed by atoms with Gasteiger partial charge in [-0.05, 0) is 30.7 Å². The van der Waals surface area contributed by atoms with E-state index < -0.39 is 47.7 Å². The van der Waals surface area contributed by atoms with Crippen molar-refractivity contribution in [2.45, 2.75) is 38.6 Å². The van der Waals surface area contributed by atoms with Crippen molar-refractivity contribution in [3.8, 4) is 5.75 Å². The molecule has 2 aromatic rings. The topological polar surface area (TPSA) is 68.3 Å². The molecule has 1 heterocycles. The first-order valence-corrected chi connectivity index (χ1v) is 8.94. The lowest BCUT2D eigenvalue weighted by molar-refractivity contribution is -0.123. The number of nitrogens with zero attached hydrogens (tertiary/aromatic N) is 1. The molecule has 1 atom stereocenters. The van der Waals surface area contributed by atoms with Gasteiger partial charge in [0, 0.05) is 6.20 Å². The molecule has 1 aromatic carbocycles. The van der Waals surface area contributed by atoms with Gasteiger partial charge < -0.3 is 10.1 Å². The molecule has 1 N–H and O–H groups in total. The lowest BCUT2D eigenvalue weighted by atomic mass is 10.0. The third kappa shape index (κ3) is 6.07. The number of carbonyl (C=O) groups is 2. The maximum absolute atomic E-state index is 13.6. The largest absolute Gasteiger partial charge is 0.480 e. The maximum atomic E-state index is 13.6. The van der Waals surface area contributed by atoms with E-state index in [1.54, 1.807) is 0 Å². The molecule has 0 unspecified atom stereocenters. The molecule has 28 heavy (non-hydrogen) atoms. The molecule has 0 bridgehead atoms. The van der Waals surface area contributed by atoms with Crippen LogP contribution >= 0.6 is 0 Å². The van der Waals surface area contributed by atoms with Gasteiger partial charge in [0.25, 0.3) is 5.91 Å². The van der Waals surface area contributed by atoms with E-state index in [2.05, 4.69) is 10.3 Å². The number of Topliss-reactive ketones (excluding diaryl/α,β-unsaturated/α-hetero) is 1. The molecule has 1 aromatic heterocycles. The minimum Gasteiger partial charge on any atom is -0.480 e. The second kappa shape index (κ2) is 10.4. The number of amides is 1. The highest BCUT2D eigenvalue weighted by Crippen LogP contribution is 2.21. The highest BCUT2D eigenvalue weighted by Gasteiger charge is 2.23. The van der Waals surface area contributed by atoms with Crippen LogP contribution in [0.1, 0.15) is 43.0 Å². The number of rotatable bonds is 10. The fourth-order valence-electron chi connectivity index (χ4n) is 2.53. The van der Waals surface area contributed by atoms with E-state index in [-0.39, 0.29) is 5.56 Å². The lowest BCUT2D eigenvalue weighted by Crippen LogP contribution is -2.43. The van der Waals surface area contributed by atoms with Crippen LogP contribution in [-0.4, -0.2) is 29.3 Å². The summed E-state index contributed by atoms with van der Waals surface area (Å²) in [5, 5.41) is 2.56. The number of aromatic nitrogens is 1. The summed E-state index contributed by atoms with van der Waals surface area (Å²) in [6.07, 6.45) is 3.83. The van der Waals surface area contributed by atoms with Gasteiger partial charge in [-0.15, -0.1) is 0 Å². The number of ketones is 1. The number of hydrogen-bond donors (Lipinski definition) is 1. The van der Waals surface area contributed by atoms with Gasteiger partial charge in [-0.2, -0.15) is 4.39 Å². The summed E-state index contributed by atoms with van der Waals surface area (Å²) in [5.74, 6) is -4.33. The van der Waals surface area contributed by atoms with Crippen LogP contribution in [0.3, 0.4) is 0 Å². The standard InChI is InChI=1S/C20H21F3N2O3/c1-2-3-4-8-16(25-20(27)13-9-10-18(23)24-11-13)17(26)12-28-19-14(21)6-5-7-15(19)22/h5-7,9-11,16H,2-4,8,12H2,1H3,(H,25,27)/t16-/m0/s1. The minimum absolute atomic E-state index is 0.0933. The molecule has 0 fully saturated rings. The van der Waals surface area contributed by atoms with Crippen molar-refractivity contribution in [1.29, 1.82) is 0 Å². The molecule has 0 aliphatic heterocycles. The Labute approximate surface area is 160 Å². The van der Waals surface area contributed by atoms with E-state index in [9.17, 15) is 22.8 Å². The molecule has 0 saturated carbocycles. The van der Waals surface area contributed by atoms with Crippen LogP contribution in [0.25, 0.3) is 0 Å². The summed E-state index contributed by atoms with van der Waals surface area (Å²) in [6, 6.07) is 4.60. The number of hydrogen-bond acceptors (Lipinski definition) is 4. The molecule has 0 aliphatic rings. The maximum Gasteiger partial charge on any atom is 0.253 e. The number of ether oxygens (including phenoxy) is 1. The van der Waals surface area contributed by atoms with E-state index in [1.165, 1.54) is 12.1 Å². The predicted octanol–water partition coefficient (Wildman–Crippen LogP) is 3.83. The second-order valence-electron chi connectivity index (χ2n) is 6.20. The summed E-state index contributed by atoms with van der Waals surface area (Å²) < 4.78 is 45.2. The molecular weight excluding hydrogens is 373 g/mol. The monoisotopic (exact) mass is 394 g/mol. The van der Waals surface area contributed by atoms with Gasteiger partial charge in [0.2, 0.25) is 5.95 Å². The van der Waals surface area contributed by atoms with Gasteiger partial charge in [0.15, 0.2) is 23.2 Å². The number of pyridine rings is 1. The van der Waals surface area contributed by atoms with E-state index in [0.29, 0.717) is 12.8 Å². The van der Waals surface area contributed by atoms with Crippen molar-refractivity contribution in [3.05, 3.63) is 59.7 Å². The van der Waals surface area contributed by atoms with Gasteiger partial charge >= 0.3 is 0 Å². The van der Waals surface area contributed by atoms with Crippen molar-refractivity contribution in [3.63, 3.8) is 0 Å². The number of benzene rings is 1. The van der Waals surface area contributed by atoms with E-state index in [0.717, 1.165) is 37.2 Å². The van der Waals surface area contributed by atoms with Crippen LogP contribution in [0.4, 0.5) is 13.2 Å². The van der Waals surface area contributed by atoms with Crippen molar-refractivity contribution in [2.75, 3.05) is 6.61 Å². The molecule has 1 amide bonds. The number of unbranched alkanes of at least 4 members (excludes halogenated alkanes) is 2. The highest BCUT2D eigenvalue weighted by atomic mass is 19.1. The van der Waals surface area contributed by atoms with Crippen molar-refractivity contribution in [1.82, 2.24) is 10.3 Å². The molecule has 5 nitrogen and oxygen atoms in total.